The second-order valence-electron chi connectivity index (χ2n) is 6.80. The summed E-state index contributed by atoms with van der Waals surface area (Å²) < 4.78 is 11.2. The highest BCUT2D eigenvalue weighted by molar-refractivity contribution is 5.97. The molecule has 2 rings (SSSR count). The lowest BCUT2D eigenvalue weighted by Crippen LogP contribution is -2.76. The van der Waals surface area contributed by atoms with E-state index < -0.39 is 22.8 Å². The van der Waals surface area contributed by atoms with E-state index in [1.807, 2.05) is 34.6 Å². The van der Waals surface area contributed by atoms with Gasteiger partial charge in [0, 0.05) is 24.9 Å². The molecule has 2 atom stereocenters. The molecule has 1 aliphatic carbocycles. The molecule has 0 bridgehead atoms. The van der Waals surface area contributed by atoms with Crippen LogP contribution in [0.25, 0.3) is 0 Å². The van der Waals surface area contributed by atoms with Gasteiger partial charge in [0.05, 0.1) is 6.10 Å². The Balaban J connectivity index is 2.25. The average Bonchev–Trinajstić information content (AvgIpc) is 2.96. The maximum absolute atomic E-state index is 12.6. The summed E-state index contributed by atoms with van der Waals surface area (Å²) in [5.74, 6) is -0.600. The lowest BCUT2D eigenvalue weighted by atomic mass is 9.54. The number of carbonyl (C=O) groups is 2. The zero-order chi connectivity index (χ0) is 18.1. The Labute approximate surface area is 142 Å². The molecule has 1 saturated carbocycles. The fraction of sp³-hybridized carbons (Fsp3) is 0.667. The molecule has 0 aromatic carbocycles. The van der Waals surface area contributed by atoms with Crippen molar-refractivity contribution in [3.8, 4) is 0 Å². The van der Waals surface area contributed by atoms with Crippen LogP contribution in [0.2, 0.25) is 0 Å². The minimum Gasteiger partial charge on any atom is -0.479 e. The summed E-state index contributed by atoms with van der Waals surface area (Å²) >= 11 is 0. The van der Waals surface area contributed by atoms with Gasteiger partial charge in [0.2, 0.25) is 0 Å². The van der Waals surface area contributed by atoms with Crippen molar-refractivity contribution in [2.24, 2.45) is 5.41 Å². The molecule has 1 fully saturated rings. The molecule has 2 unspecified atom stereocenters. The first-order valence-corrected chi connectivity index (χ1v) is 8.52. The van der Waals surface area contributed by atoms with Crippen molar-refractivity contribution in [2.45, 2.75) is 65.5 Å². The fourth-order valence-electron chi connectivity index (χ4n) is 3.47. The summed E-state index contributed by atoms with van der Waals surface area (Å²) in [6.45, 7) is 9.95. The first-order chi connectivity index (χ1) is 11.2. The topological polar surface area (TPSA) is 88.8 Å². The number of aryl methyl sites for hydroxylation is 2. The molecule has 0 spiro atoms. The molecule has 0 saturated heterocycles. The monoisotopic (exact) mass is 337 g/mol. The van der Waals surface area contributed by atoms with Gasteiger partial charge in [-0.15, -0.1) is 0 Å². The lowest BCUT2D eigenvalue weighted by molar-refractivity contribution is -0.190. The number of nitrogens with one attached hydrogen (secondary N) is 1. The molecule has 6 heteroatoms. The summed E-state index contributed by atoms with van der Waals surface area (Å²) in [6.07, 6.45) is 1.50. The summed E-state index contributed by atoms with van der Waals surface area (Å²) in [7, 11) is 0. The van der Waals surface area contributed by atoms with Crippen LogP contribution < -0.4 is 5.32 Å². The Morgan fingerprint density at radius 2 is 2.00 bits per heavy atom. The van der Waals surface area contributed by atoms with Crippen LogP contribution in [-0.2, 0) is 22.4 Å². The highest BCUT2D eigenvalue weighted by atomic mass is 16.5. The Kier molecular flexibility index (Phi) is 5.08. The minimum absolute atomic E-state index is 0.167. The predicted molar refractivity (Wildman–Crippen MR) is 89.1 cm³/mol. The van der Waals surface area contributed by atoms with E-state index in [1.54, 1.807) is 6.07 Å². The van der Waals surface area contributed by atoms with E-state index in [9.17, 15) is 14.7 Å². The van der Waals surface area contributed by atoms with Gasteiger partial charge in [-0.3, -0.25) is 4.79 Å². The van der Waals surface area contributed by atoms with Crippen LogP contribution >= 0.6 is 0 Å². The van der Waals surface area contributed by atoms with E-state index in [1.165, 1.54) is 0 Å². The van der Waals surface area contributed by atoms with Gasteiger partial charge in [-0.1, -0.05) is 27.7 Å². The first-order valence-electron chi connectivity index (χ1n) is 8.52. The Morgan fingerprint density at radius 1 is 1.33 bits per heavy atom. The highest BCUT2D eigenvalue weighted by Gasteiger charge is 2.66. The van der Waals surface area contributed by atoms with E-state index >= 15 is 0 Å². The lowest BCUT2D eigenvalue weighted by Gasteiger charge is -2.58. The number of carboxylic acid groups (broad SMARTS) is 1. The van der Waals surface area contributed by atoms with Crippen LogP contribution in [0, 0.1) is 5.41 Å². The van der Waals surface area contributed by atoms with Crippen LogP contribution in [-0.4, -0.2) is 35.2 Å². The predicted octanol–water partition coefficient (Wildman–Crippen LogP) is 2.79. The van der Waals surface area contributed by atoms with Crippen molar-refractivity contribution in [3.63, 3.8) is 0 Å². The van der Waals surface area contributed by atoms with E-state index in [0.717, 1.165) is 17.7 Å². The quantitative estimate of drug-likeness (QED) is 0.798. The maximum Gasteiger partial charge on any atom is 0.330 e. The van der Waals surface area contributed by atoms with Gasteiger partial charge in [0.25, 0.3) is 5.91 Å². The molecule has 1 heterocycles. The molecule has 6 nitrogen and oxygen atoms in total. The Morgan fingerprint density at radius 3 is 2.42 bits per heavy atom. The van der Waals surface area contributed by atoms with Gasteiger partial charge in [0.15, 0.2) is 5.76 Å². The van der Waals surface area contributed by atoms with Gasteiger partial charge < -0.3 is 19.6 Å². The van der Waals surface area contributed by atoms with Crippen molar-refractivity contribution < 1.29 is 23.8 Å². The number of carboxylic acids is 1. The van der Waals surface area contributed by atoms with E-state index in [2.05, 4.69) is 5.32 Å². The third-order valence-corrected chi connectivity index (χ3v) is 5.28. The van der Waals surface area contributed by atoms with E-state index in [0.29, 0.717) is 13.0 Å². The number of ether oxygens (including phenoxy) is 1. The number of hydrogen-bond donors (Lipinski definition) is 2. The number of aliphatic carboxylic acids is 1. The Bertz CT molecular complexity index is 612. The zero-order valence-corrected chi connectivity index (χ0v) is 15.1. The van der Waals surface area contributed by atoms with Crippen molar-refractivity contribution in [2.75, 3.05) is 6.61 Å². The third-order valence-electron chi connectivity index (χ3n) is 5.28. The van der Waals surface area contributed by atoms with Crippen LogP contribution in [0.3, 0.4) is 0 Å². The van der Waals surface area contributed by atoms with Crippen molar-refractivity contribution in [3.05, 3.63) is 23.2 Å². The van der Waals surface area contributed by atoms with Crippen LogP contribution in [0.1, 0.15) is 62.9 Å². The van der Waals surface area contributed by atoms with Gasteiger partial charge in [-0.05, 0) is 25.0 Å². The molecule has 1 aliphatic rings. The molecule has 134 valence electrons. The number of furan rings is 1. The normalized spacial score (nSPS) is 25.1. The fourth-order valence-corrected chi connectivity index (χ4v) is 3.47. The molecular weight excluding hydrogens is 310 g/mol. The summed E-state index contributed by atoms with van der Waals surface area (Å²) in [4.78, 5) is 24.5. The summed E-state index contributed by atoms with van der Waals surface area (Å²) in [5, 5.41) is 12.5. The second-order valence-corrected chi connectivity index (χ2v) is 6.80. The molecule has 0 radical (unpaired) electrons. The maximum atomic E-state index is 12.6. The molecule has 1 aromatic rings. The Hall–Kier alpha value is -1.82. The van der Waals surface area contributed by atoms with Crippen LogP contribution in [0.4, 0.5) is 0 Å². The molecule has 0 aliphatic heterocycles. The number of rotatable bonds is 7. The highest BCUT2D eigenvalue weighted by Crippen LogP contribution is 2.51. The second kappa shape index (κ2) is 6.59. The third kappa shape index (κ3) is 2.73. The largest absolute Gasteiger partial charge is 0.479 e. The molecule has 1 amide bonds. The van der Waals surface area contributed by atoms with Gasteiger partial charge in [-0.25, -0.2) is 4.79 Å². The molecular formula is C18H27NO5. The standard InChI is InChI=1S/C18H27NO5/c1-6-11-9-13(24-12(11)7-2)15(20)19-18(16(21)22)10-14(23-8-3)17(18,4)5/h9,14H,6-8,10H2,1-5H3,(H,19,20)(H,21,22). The number of carbonyl (C=O) groups excluding carboxylic acids is 1. The first kappa shape index (κ1) is 18.5. The average molecular weight is 337 g/mol. The summed E-state index contributed by atoms with van der Waals surface area (Å²) in [5.41, 5.74) is -1.08. The van der Waals surface area contributed by atoms with Crippen LogP contribution in [0.5, 0.6) is 0 Å². The molecule has 24 heavy (non-hydrogen) atoms. The smallest absolute Gasteiger partial charge is 0.330 e. The van der Waals surface area contributed by atoms with Crippen LogP contribution in [0.15, 0.2) is 10.5 Å². The zero-order valence-electron chi connectivity index (χ0n) is 15.1. The van der Waals surface area contributed by atoms with Gasteiger partial charge in [0.1, 0.15) is 11.3 Å². The molecule has 1 aromatic heterocycles. The summed E-state index contributed by atoms with van der Waals surface area (Å²) in [6, 6.07) is 1.70. The number of hydrogen-bond acceptors (Lipinski definition) is 4. The van der Waals surface area contributed by atoms with Gasteiger partial charge >= 0.3 is 5.97 Å². The van der Waals surface area contributed by atoms with Crippen molar-refractivity contribution in [1.29, 1.82) is 0 Å². The van der Waals surface area contributed by atoms with Crippen molar-refractivity contribution >= 4 is 11.9 Å². The SMILES string of the molecule is CCOC1CC(NC(=O)c2cc(CC)c(CC)o2)(C(=O)O)C1(C)C. The van der Waals surface area contributed by atoms with Crippen molar-refractivity contribution in [1.82, 2.24) is 5.32 Å². The van der Waals surface area contributed by atoms with E-state index in [4.69, 9.17) is 9.15 Å². The van der Waals surface area contributed by atoms with E-state index in [-0.39, 0.29) is 18.3 Å². The van der Waals surface area contributed by atoms with Gasteiger partial charge in [-0.2, -0.15) is 0 Å². The minimum atomic E-state index is -1.35. The number of amides is 1. The molecule has 2 N–H and O–H groups in total.